The van der Waals surface area contributed by atoms with E-state index in [-0.39, 0.29) is 17.7 Å². The zero-order valence-corrected chi connectivity index (χ0v) is 17.6. The van der Waals surface area contributed by atoms with Crippen molar-refractivity contribution in [2.24, 2.45) is 0 Å². The van der Waals surface area contributed by atoms with Crippen molar-refractivity contribution in [2.45, 2.75) is 12.8 Å². The monoisotopic (exact) mass is 446 g/mol. The molecule has 8 nitrogen and oxygen atoms in total. The molecule has 1 N–H and O–H groups in total. The van der Waals surface area contributed by atoms with Crippen molar-refractivity contribution < 1.29 is 27.4 Å². The molecule has 0 aliphatic rings. The summed E-state index contributed by atoms with van der Waals surface area (Å²) in [5.41, 5.74) is 1.59. The average molecular weight is 446 g/mol. The number of ketones is 1. The number of carbonyl (C=O) groups is 1. The lowest BCUT2D eigenvalue weighted by atomic mass is 9.98. The third-order valence-electron chi connectivity index (χ3n) is 4.49. The second-order valence-electron chi connectivity index (χ2n) is 6.59. The first-order chi connectivity index (χ1) is 15.0. The molecule has 0 amide bonds. The van der Waals surface area contributed by atoms with Gasteiger partial charge in [-0.15, -0.1) is 0 Å². The first-order valence-electron chi connectivity index (χ1n) is 9.53. The Labute approximate surface area is 181 Å². The van der Waals surface area contributed by atoms with Crippen molar-refractivity contribution in [3.05, 3.63) is 65.1 Å². The molecule has 0 bridgehead atoms. The van der Waals surface area contributed by atoms with Crippen LogP contribution in [0.5, 0.6) is 5.88 Å². The van der Waals surface area contributed by atoms with Gasteiger partial charge in [0, 0.05) is 30.5 Å². The molecular weight excluding hydrogens is 425 g/mol. The van der Waals surface area contributed by atoms with E-state index in [1.54, 1.807) is 37.4 Å². The molecule has 0 aliphatic carbocycles. The normalized spacial score (nSPS) is 12.1. The Kier molecular flexibility index (Phi) is 8.13. The summed E-state index contributed by atoms with van der Waals surface area (Å²) in [7, 11) is 1.56. The highest BCUT2D eigenvalue weighted by atomic mass is 32.2. The molecule has 31 heavy (non-hydrogen) atoms. The molecule has 1 aromatic heterocycles. The zero-order valence-electron chi connectivity index (χ0n) is 16.8. The molecule has 0 spiro atoms. The smallest absolute Gasteiger partial charge is 0.232 e. The van der Waals surface area contributed by atoms with Gasteiger partial charge >= 0.3 is 0 Å². The van der Waals surface area contributed by atoms with Gasteiger partial charge in [0.25, 0.3) is 0 Å². The summed E-state index contributed by atoms with van der Waals surface area (Å²) < 4.78 is 48.5. The number of carbonyl (C=O) groups excluding carboxylic acids is 1. The largest absolute Gasteiger partial charge is 0.760 e. The van der Waals surface area contributed by atoms with Gasteiger partial charge in [0.2, 0.25) is 5.88 Å². The van der Waals surface area contributed by atoms with E-state index in [0.29, 0.717) is 48.5 Å². The lowest BCUT2D eigenvalue weighted by Gasteiger charge is -2.10. The Balaban J connectivity index is 1.79. The fourth-order valence-corrected chi connectivity index (χ4v) is 3.28. The van der Waals surface area contributed by atoms with Crippen LogP contribution < -0.4 is 9.46 Å². The maximum Gasteiger partial charge on any atom is 0.232 e. The van der Waals surface area contributed by atoms with Crippen LogP contribution in [0.25, 0.3) is 11.0 Å². The SMILES string of the molecule is COCCOc1cnc2ccc(C(=O)c3cccc(CCCNS(=O)[O-])c3F)cc2n1. The fraction of sp³-hybridized carbons (Fsp3) is 0.286. The first kappa shape index (κ1) is 22.9. The molecule has 1 unspecified atom stereocenters. The number of halogens is 1. The number of methoxy groups -OCH3 is 1. The highest BCUT2D eigenvalue weighted by Gasteiger charge is 2.17. The molecule has 3 aromatic rings. The molecule has 1 atom stereocenters. The second kappa shape index (κ2) is 11.0. The van der Waals surface area contributed by atoms with Gasteiger partial charge in [-0.25, -0.2) is 19.1 Å². The van der Waals surface area contributed by atoms with Crippen LogP contribution in [0.3, 0.4) is 0 Å². The molecule has 0 fully saturated rings. The number of aryl methyl sites for hydroxylation is 1. The fourth-order valence-electron chi connectivity index (χ4n) is 2.97. The lowest BCUT2D eigenvalue weighted by molar-refractivity contribution is 0.103. The van der Waals surface area contributed by atoms with Gasteiger partial charge in [0.15, 0.2) is 5.78 Å². The highest BCUT2D eigenvalue weighted by Crippen LogP contribution is 2.21. The zero-order chi connectivity index (χ0) is 22.2. The van der Waals surface area contributed by atoms with E-state index in [9.17, 15) is 17.9 Å². The highest BCUT2D eigenvalue weighted by molar-refractivity contribution is 7.77. The standard InChI is InChI=1S/C21H22FN3O5S/c1-29-10-11-30-19-13-23-17-8-7-15(12-18(17)25-19)21(26)16-6-2-4-14(20(16)22)5-3-9-24-31(27)28/h2,4,6-8,12-13,24H,3,5,9-11H2,1H3,(H,27,28)/p-1. The van der Waals surface area contributed by atoms with Crippen LogP contribution in [0.1, 0.15) is 27.9 Å². The van der Waals surface area contributed by atoms with Crippen LogP contribution in [0.15, 0.2) is 42.6 Å². The predicted octanol–water partition coefficient (Wildman–Crippen LogP) is 2.34. The third-order valence-corrected chi connectivity index (χ3v) is 4.93. The predicted molar refractivity (Wildman–Crippen MR) is 112 cm³/mol. The first-order valence-corrected chi connectivity index (χ1v) is 10.6. The number of hydrogen-bond donors (Lipinski definition) is 1. The molecule has 1 heterocycles. The minimum absolute atomic E-state index is 0.0577. The number of ether oxygens (including phenoxy) is 2. The summed E-state index contributed by atoms with van der Waals surface area (Å²) >= 11 is -2.36. The van der Waals surface area contributed by atoms with Gasteiger partial charge in [0.05, 0.1) is 29.4 Å². The van der Waals surface area contributed by atoms with E-state index >= 15 is 0 Å². The number of hydrogen-bond acceptors (Lipinski definition) is 7. The van der Waals surface area contributed by atoms with E-state index in [4.69, 9.17) is 9.47 Å². The average Bonchev–Trinajstić information content (AvgIpc) is 2.77. The van der Waals surface area contributed by atoms with Gasteiger partial charge in [-0.3, -0.25) is 9.00 Å². The number of fused-ring (bicyclic) bond motifs is 1. The van der Waals surface area contributed by atoms with Crippen molar-refractivity contribution in [3.63, 3.8) is 0 Å². The summed E-state index contributed by atoms with van der Waals surface area (Å²) in [5.74, 6) is -0.791. The van der Waals surface area contributed by atoms with Crippen LogP contribution >= 0.6 is 0 Å². The number of nitrogens with one attached hydrogen (secondary N) is 1. The van der Waals surface area contributed by atoms with Crippen molar-refractivity contribution >= 4 is 28.1 Å². The van der Waals surface area contributed by atoms with Gasteiger partial charge in [-0.1, -0.05) is 12.1 Å². The third kappa shape index (κ3) is 6.11. The van der Waals surface area contributed by atoms with E-state index in [1.807, 2.05) is 0 Å². The van der Waals surface area contributed by atoms with Crippen LogP contribution in [0, 0.1) is 5.82 Å². The number of nitrogens with zero attached hydrogens (tertiary/aromatic N) is 2. The Morgan fingerprint density at radius 3 is 2.84 bits per heavy atom. The van der Waals surface area contributed by atoms with E-state index in [0.717, 1.165) is 0 Å². The topological polar surface area (TPSA) is 113 Å². The van der Waals surface area contributed by atoms with E-state index < -0.39 is 22.9 Å². The Hall–Kier alpha value is -2.79. The van der Waals surface area contributed by atoms with Crippen molar-refractivity contribution in [1.82, 2.24) is 14.7 Å². The number of rotatable bonds is 11. The molecule has 2 aromatic carbocycles. The molecule has 10 heteroatoms. The van der Waals surface area contributed by atoms with Crippen LogP contribution in [-0.4, -0.2) is 51.4 Å². The molecular formula is C21H21FN3O5S-. The van der Waals surface area contributed by atoms with Crippen molar-refractivity contribution in [3.8, 4) is 5.88 Å². The van der Waals surface area contributed by atoms with Crippen LogP contribution in [-0.2, 0) is 22.4 Å². The summed E-state index contributed by atoms with van der Waals surface area (Å²) in [6.45, 7) is 0.901. The number of aromatic nitrogens is 2. The molecule has 0 radical (unpaired) electrons. The Morgan fingerprint density at radius 1 is 1.23 bits per heavy atom. The van der Waals surface area contributed by atoms with Gasteiger partial charge in [0.1, 0.15) is 12.4 Å². The van der Waals surface area contributed by atoms with Crippen molar-refractivity contribution in [2.75, 3.05) is 26.9 Å². The summed E-state index contributed by atoms with van der Waals surface area (Å²) in [5, 5.41) is 0. The van der Waals surface area contributed by atoms with E-state index in [1.165, 1.54) is 12.3 Å². The van der Waals surface area contributed by atoms with Gasteiger partial charge in [-0.05, 0) is 42.7 Å². The second-order valence-corrected chi connectivity index (χ2v) is 7.35. The van der Waals surface area contributed by atoms with E-state index in [2.05, 4.69) is 14.7 Å². The number of benzene rings is 2. The van der Waals surface area contributed by atoms with Crippen molar-refractivity contribution in [1.29, 1.82) is 0 Å². The lowest BCUT2D eigenvalue weighted by Crippen LogP contribution is -2.18. The summed E-state index contributed by atoms with van der Waals surface area (Å²) in [4.78, 5) is 21.5. The molecule has 0 saturated heterocycles. The molecule has 0 aliphatic heterocycles. The summed E-state index contributed by atoms with van der Waals surface area (Å²) in [6, 6.07) is 9.37. The molecule has 164 valence electrons. The Bertz CT molecular complexity index is 1100. The van der Waals surface area contributed by atoms with Crippen LogP contribution in [0.4, 0.5) is 4.39 Å². The summed E-state index contributed by atoms with van der Waals surface area (Å²) in [6.07, 6.45) is 2.18. The minimum Gasteiger partial charge on any atom is -0.760 e. The quantitative estimate of drug-likeness (QED) is 0.273. The van der Waals surface area contributed by atoms with Gasteiger partial charge in [-0.2, -0.15) is 0 Å². The minimum atomic E-state index is -2.36. The Morgan fingerprint density at radius 2 is 2.06 bits per heavy atom. The molecule has 0 saturated carbocycles. The maximum absolute atomic E-state index is 14.9. The maximum atomic E-state index is 14.9. The van der Waals surface area contributed by atoms with Crippen LogP contribution in [0.2, 0.25) is 0 Å². The molecule has 3 rings (SSSR count). The van der Waals surface area contributed by atoms with Gasteiger partial charge < -0.3 is 14.0 Å².